The van der Waals surface area contributed by atoms with Gasteiger partial charge in [-0.05, 0) is 45.3 Å². The van der Waals surface area contributed by atoms with Crippen molar-refractivity contribution in [3.05, 3.63) is 0 Å². The third-order valence-electron chi connectivity index (χ3n) is 3.21. The average molecular weight is 252 g/mol. The van der Waals surface area contributed by atoms with Crippen LogP contribution in [-0.2, 0) is 9.59 Å². The van der Waals surface area contributed by atoms with Gasteiger partial charge in [-0.3, -0.25) is 9.59 Å². The Morgan fingerprint density at radius 2 is 1.89 bits per heavy atom. The van der Waals surface area contributed by atoms with Crippen LogP contribution in [-0.4, -0.2) is 49.9 Å². The molecule has 2 amide bonds. The molecule has 1 rings (SSSR count). The Labute approximate surface area is 107 Å². The number of amides is 2. The Morgan fingerprint density at radius 1 is 1.28 bits per heavy atom. The lowest BCUT2D eigenvalue weighted by atomic mass is 9.94. The second kappa shape index (κ2) is 7.67. The molecule has 6 nitrogen and oxygen atoms in total. The summed E-state index contributed by atoms with van der Waals surface area (Å²) in [6, 6.07) is 1.75. The van der Waals surface area contributed by atoms with Crippen molar-refractivity contribution < 1.29 is 9.59 Å². The smallest absolute Gasteiger partial charge is 0.310 e. The average Bonchev–Trinajstić information content (AvgIpc) is 2.38. The van der Waals surface area contributed by atoms with Crippen molar-refractivity contribution in [2.24, 2.45) is 5.92 Å². The van der Waals surface area contributed by atoms with Gasteiger partial charge in [0.15, 0.2) is 0 Å². The molecule has 1 aliphatic heterocycles. The van der Waals surface area contributed by atoms with Gasteiger partial charge < -0.3 is 15.5 Å². The predicted octanol–water partition coefficient (Wildman–Crippen LogP) is -0.526. The van der Waals surface area contributed by atoms with Gasteiger partial charge in [-0.25, -0.2) is 0 Å². The number of piperidine rings is 1. The molecule has 0 aromatic heterocycles. The first-order valence-corrected chi connectivity index (χ1v) is 6.25. The number of nitrogens with one attached hydrogen (secondary N) is 2. The monoisotopic (exact) mass is 252 g/mol. The normalized spacial score (nSPS) is 16.9. The number of rotatable bonds is 4. The molecule has 1 heterocycles. The van der Waals surface area contributed by atoms with E-state index >= 15 is 0 Å². The molecule has 0 aromatic rings. The highest BCUT2D eigenvalue weighted by atomic mass is 16.2. The van der Waals surface area contributed by atoms with Gasteiger partial charge in [-0.1, -0.05) is 0 Å². The highest BCUT2D eigenvalue weighted by molar-refractivity contribution is 6.35. The van der Waals surface area contributed by atoms with E-state index in [9.17, 15) is 9.59 Å². The summed E-state index contributed by atoms with van der Waals surface area (Å²) in [5.74, 6) is -0.762. The molecule has 100 valence electrons. The maximum absolute atomic E-state index is 11.3. The molecule has 0 saturated carbocycles. The minimum atomic E-state index is -0.736. The Morgan fingerprint density at radius 3 is 2.50 bits per heavy atom. The summed E-state index contributed by atoms with van der Waals surface area (Å²) >= 11 is 0. The van der Waals surface area contributed by atoms with Crippen LogP contribution in [0.15, 0.2) is 0 Å². The first-order chi connectivity index (χ1) is 8.63. The minimum Gasteiger partial charge on any atom is -0.348 e. The Balaban J connectivity index is 2.12. The van der Waals surface area contributed by atoms with Crippen molar-refractivity contribution in [3.8, 4) is 6.07 Å². The van der Waals surface area contributed by atoms with Gasteiger partial charge in [-0.2, -0.15) is 5.26 Å². The molecular weight excluding hydrogens is 232 g/mol. The zero-order valence-corrected chi connectivity index (χ0v) is 10.7. The topological polar surface area (TPSA) is 85.2 Å². The van der Waals surface area contributed by atoms with Gasteiger partial charge in [0.1, 0.15) is 6.54 Å². The Kier molecular flexibility index (Phi) is 6.15. The van der Waals surface area contributed by atoms with E-state index in [1.165, 1.54) is 0 Å². The molecule has 0 unspecified atom stereocenters. The van der Waals surface area contributed by atoms with Crippen molar-refractivity contribution >= 4 is 11.8 Å². The van der Waals surface area contributed by atoms with Crippen LogP contribution in [0.5, 0.6) is 0 Å². The van der Waals surface area contributed by atoms with Crippen molar-refractivity contribution in [1.29, 1.82) is 5.26 Å². The first-order valence-electron chi connectivity index (χ1n) is 6.25. The van der Waals surface area contributed by atoms with Gasteiger partial charge in [0.25, 0.3) is 0 Å². The maximum Gasteiger partial charge on any atom is 0.310 e. The fraction of sp³-hybridized carbons (Fsp3) is 0.750. The van der Waals surface area contributed by atoms with E-state index in [1.54, 1.807) is 6.07 Å². The van der Waals surface area contributed by atoms with E-state index in [1.807, 2.05) is 0 Å². The molecule has 0 bridgehead atoms. The molecule has 6 heteroatoms. The fourth-order valence-corrected chi connectivity index (χ4v) is 2.02. The largest absolute Gasteiger partial charge is 0.348 e. The zero-order valence-electron chi connectivity index (χ0n) is 10.7. The molecule has 0 radical (unpaired) electrons. The summed E-state index contributed by atoms with van der Waals surface area (Å²) in [6.07, 6.45) is 3.20. The molecule has 0 aromatic carbocycles. The lowest BCUT2D eigenvalue weighted by Gasteiger charge is -2.28. The Bertz CT molecular complexity index is 329. The molecule has 0 atom stereocenters. The molecule has 0 spiro atoms. The molecule has 1 fully saturated rings. The highest BCUT2D eigenvalue weighted by Crippen LogP contribution is 2.18. The van der Waals surface area contributed by atoms with E-state index in [0.29, 0.717) is 12.5 Å². The van der Waals surface area contributed by atoms with Crippen LogP contribution in [0.2, 0.25) is 0 Å². The van der Waals surface area contributed by atoms with Crippen LogP contribution < -0.4 is 10.6 Å². The van der Waals surface area contributed by atoms with Gasteiger partial charge in [-0.15, -0.1) is 0 Å². The van der Waals surface area contributed by atoms with E-state index in [-0.39, 0.29) is 6.54 Å². The van der Waals surface area contributed by atoms with Crippen molar-refractivity contribution in [2.45, 2.75) is 19.3 Å². The van der Waals surface area contributed by atoms with Crippen LogP contribution in [0.4, 0.5) is 0 Å². The molecule has 2 N–H and O–H groups in total. The molecular formula is C12H20N4O2. The lowest BCUT2D eigenvalue weighted by molar-refractivity contribution is -0.139. The molecule has 18 heavy (non-hydrogen) atoms. The standard InChI is InChI=1S/C12H20N4O2/c1-16-8-3-10(4-9-16)2-6-14-11(17)12(18)15-7-5-13/h10H,2-4,6-9H2,1H3,(H,14,17)(H,15,18). The van der Waals surface area contributed by atoms with Gasteiger partial charge >= 0.3 is 11.8 Å². The third kappa shape index (κ3) is 5.15. The van der Waals surface area contributed by atoms with E-state index < -0.39 is 11.8 Å². The summed E-state index contributed by atoms with van der Waals surface area (Å²) in [5.41, 5.74) is 0. The number of carbonyl (C=O) groups is 2. The third-order valence-corrected chi connectivity index (χ3v) is 3.21. The molecule has 1 saturated heterocycles. The van der Waals surface area contributed by atoms with Crippen molar-refractivity contribution in [1.82, 2.24) is 15.5 Å². The van der Waals surface area contributed by atoms with Crippen molar-refractivity contribution in [2.75, 3.05) is 33.2 Å². The van der Waals surface area contributed by atoms with Crippen LogP contribution in [0.3, 0.4) is 0 Å². The summed E-state index contributed by atoms with van der Waals surface area (Å²) < 4.78 is 0. The van der Waals surface area contributed by atoms with Crippen LogP contribution >= 0.6 is 0 Å². The zero-order chi connectivity index (χ0) is 13.4. The number of likely N-dealkylation sites (tertiary alicyclic amines) is 1. The Hall–Kier alpha value is -1.61. The van der Waals surface area contributed by atoms with Crippen molar-refractivity contribution in [3.63, 3.8) is 0 Å². The summed E-state index contributed by atoms with van der Waals surface area (Å²) in [6.45, 7) is 2.58. The van der Waals surface area contributed by atoms with Gasteiger partial charge in [0.2, 0.25) is 0 Å². The van der Waals surface area contributed by atoms with Crippen LogP contribution in [0.25, 0.3) is 0 Å². The van der Waals surface area contributed by atoms with E-state index in [4.69, 9.17) is 5.26 Å². The molecule has 0 aliphatic carbocycles. The number of hydrogen-bond donors (Lipinski definition) is 2. The second-order valence-corrected chi connectivity index (χ2v) is 4.63. The van der Waals surface area contributed by atoms with E-state index in [0.717, 1.165) is 32.4 Å². The highest BCUT2D eigenvalue weighted by Gasteiger charge is 2.17. The number of hydrogen-bond acceptors (Lipinski definition) is 4. The summed E-state index contributed by atoms with van der Waals surface area (Å²) in [7, 11) is 2.11. The predicted molar refractivity (Wildman–Crippen MR) is 66.5 cm³/mol. The minimum absolute atomic E-state index is 0.138. The number of carbonyl (C=O) groups excluding carboxylic acids is 2. The fourth-order valence-electron chi connectivity index (χ4n) is 2.02. The lowest BCUT2D eigenvalue weighted by Crippen LogP contribution is -2.41. The SMILES string of the molecule is CN1CCC(CCNC(=O)C(=O)NCC#N)CC1. The summed E-state index contributed by atoms with van der Waals surface area (Å²) in [5, 5.41) is 13.0. The number of nitriles is 1. The second-order valence-electron chi connectivity index (χ2n) is 4.63. The quantitative estimate of drug-likeness (QED) is 0.520. The summed E-state index contributed by atoms with van der Waals surface area (Å²) in [4.78, 5) is 24.7. The van der Waals surface area contributed by atoms with Gasteiger partial charge in [0.05, 0.1) is 6.07 Å². The van der Waals surface area contributed by atoms with Crippen LogP contribution in [0, 0.1) is 17.2 Å². The maximum atomic E-state index is 11.3. The van der Waals surface area contributed by atoms with Gasteiger partial charge in [0, 0.05) is 6.54 Å². The van der Waals surface area contributed by atoms with E-state index in [2.05, 4.69) is 22.6 Å². The number of nitrogens with zero attached hydrogens (tertiary/aromatic N) is 2. The first kappa shape index (κ1) is 14.5. The van der Waals surface area contributed by atoms with Crippen LogP contribution in [0.1, 0.15) is 19.3 Å². The molecule has 1 aliphatic rings.